The number of fused-ring (bicyclic) bond motifs is 2. The van der Waals surface area contributed by atoms with Crippen molar-refractivity contribution in [2.24, 2.45) is 0 Å². The van der Waals surface area contributed by atoms with Gasteiger partial charge in [-0.3, -0.25) is 14.7 Å². The number of nitrogens with one attached hydrogen (secondary N) is 1. The lowest BCUT2D eigenvalue weighted by molar-refractivity contribution is -0.127. The highest BCUT2D eigenvalue weighted by atomic mass is 32.1. The monoisotopic (exact) mass is 271 g/mol. The third kappa shape index (κ3) is 1.55. The quantitative estimate of drug-likeness (QED) is 0.906. The molecular weight excluding hydrogens is 258 g/mol. The Morgan fingerprint density at radius 1 is 1.37 bits per heavy atom. The van der Waals surface area contributed by atoms with Gasteiger partial charge in [0.25, 0.3) is 0 Å². The summed E-state index contributed by atoms with van der Waals surface area (Å²) in [4.78, 5) is 19.9. The summed E-state index contributed by atoms with van der Waals surface area (Å²) in [5.41, 5.74) is 3.66. The van der Waals surface area contributed by atoms with E-state index in [0.29, 0.717) is 0 Å². The Morgan fingerprint density at radius 3 is 3.00 bits per heavy atom. The number of aromatic nitrogens is 1. The van der Waals surface area contributed by atoms with Crippen molar-refractivity contribution in [3.8, 4) is 0 Å². The van der Waals surface area contributed by atoms with Gasteiger partial charge in [-0.15, -0.1) is 11.3 Å². The van der Waals surface area contributed by atoms with Gasteiger partial charge >= 0.3 is 0 Å². The number of carbonyl (C=O) groups excluding carboxylic acids is 1. The van der Waals surface area contributed by atoms with Gasteiger partial charge in [0.1, 0.15) is 5.41 Å². The van der Waals surface area contributed by atoms with Gasteiger partial charge in [-0.25, -0.2) is 0 Å². The summed E-state index contributed by atoms with van der Waals surface area (Å²) in [6.07, 6.45) is 1.90. The molecule has 2 aliphatic rings. The molecule has 19 heavy (non-hydrogen) atoms. The van der Waals surface area contributed by atoms with Crippen LogP contribution in [0.15, 0.2) is 36.0 Å². The molecule has 5 heteroatoms. The number of hydrogen-bond acceptors (Lipinski definition) is 4. The molecule has 0 aliphatic carbocycles. The molecular formula is C14H13N3OS. The van der Waals surface area contributed by atoms with E-state index < -0.39 is 0 Å². The largest absolute Gasteiger partial charge is 0.325 e. The van der Waals surface area contributed by atoms with E-state index in [2.05, 4.69) is 21.3 Å². The van der Waals surface area contributed by atoms with E-state index in [9.17, 15) is 4.79 Å². The van der Waals surface area contributed by atoms with Crippen LogP contribution in [0.2, 0.25) is 0 Å². The zero-order valence-corrected chi connectivity index (χ0v) is 11.1. The summed E-state index contributed by atoms with van der Waals surface area (Å²) in [5, 5.41) is 2.99. The fourth-order valence-electron chi connectivity index (χ4n) is 3.06. The average Bonchev–Trinajstić information content (AvgIpc) is 2.95. The van der Waals surface area contributed by atoms with Gasteiger partial charge in [-0.1, -0.05) is 18.2 Å². The van der Waals surface area contributed by atoms with E-state index in [1.165, 1.54) is 4.88 Å². The van der Waals surface area contributed by atoms with Crippen molar-refractivity contribution >= 4 is 22.9 Å². The molecule has 0 bridgehead atoms. The third-order valence-electron chi connectivity index (χ3n) is 3.98. The van der Waals surface area contributed by atoms with Crippen LogP contribution in [0, 0.1) is 0 Å². The lowest BCUT2D eigenvalue weighted by Crippen LogP contribution is -2.62. The smallest absolute Gasteiger partial charge is 0.237 e. The molecule has 1 aromatic carbocycles. The molecule has 1 amide bonds. The van der Waals surface area contributed by atoms with E-state index in [1.807, 2.05) is 29.9 Å². The number of nitrogens with zero attached hydrogens (tertiary/aromatic N) is 2. The van der Waals surface area contributed by atoms with E-state index >= 15 is 0 Å². The third-order valence-corrected chi connectivity index (χ3v) is 4.74. The number of rotatable bonds is 2. The van der Waals surface area contributed by atoms with Crippen LogP contribution in [0.4, 0.5) is 5.69 Å². The van der Waals surface area contributed by atoms with Crippen molar-refractivity contribution in [2.75, 3.05) is 18.4 Å². The van der Waals surface area contributed by atoms with Crippen LogP contribution in [0.1, 0.15) is 10.4 Å². The van der Waals surface area contributed by atoms with E-state index in [1.54, 1.807) is 11.3 Å². The van der Waals surface area contributed by atoms with Crippen molar-refractivity contribution in [2.45, 2.75) is 12.0 Å². The maximum atomic E-state index is 12.2. The molecule has 0 saturated carbocycles. The molecule has 1 aromatic heterocycles. The second-order valence-corrected chi connectivity index (χ2v) is 6.17. The van der Waals surface area contributed by atoms with Gasteiger partial charge in [0.05, 0.1) is 5.51 Å². The summed E-state index contributed by atoms with van der Waals surface area (Å²) >= 11 is 1.66. The number of carbonyl (C=O) groups is 1. The van der Waals surface area contributed by atoms with Crippen LogP contribution in [0.3, 0.4) is 0 Å². The molecule has 4 nitrogen and oxygen atoms in total. The Morgan fingerprint density at radius 2 is 2.21 bits per heavy atom. The van der Waals surface area contributed by atoms with Crippen LogP contribution in [-0.2, 0) is 16.8 Å². The van der Waals surface area contributed by atoms with Gasteiger partial charge in [0, 0.05) is 36.4 Å². The SMILES string of the molecule is O=C1Nc2ccccc2C12CN(Cc1cncs1)C2. The first-order chi connectivity index (χ1) is 9.28. The van der Waals surface area contributed by atoms with Crippen molar-refractivity contribution in [1.29, 1.82) is 0 Å². The highest BCUT2D eigenvalue weighted by Gasteiger charge is 2.54. The van der Waals surface area contributed by atoms with Gasteiger partial charge in [0.2, 0.25) is 5.91 Å². The van der Waals surface area contributed by atoms with Crippen molar-refractivity contribution in [1.82, 2.24) is 9.88 Å². The predicted molar refractivity (Wildman–Crippen MR) is 74.1 cm³/mol. The molecule has 1 N–H and O–H groups in total. The molecule has 0 atom stereocenters. The van der Waals surface area contributed by atoms with Crippen molar-refractivity contribution < 1.29 is 4.79 Å². The summed E-state index contributed by atoms with van der Waals surface area (Å²) in [5.74, 6) is 0.147. The Kier molecular flexibility index (Phi) is 2.28. The molecule has 4 rings (SSSR count). The van der Waals surface area contributed by atoms with Gasteiger partial charge in [-0.2, -0.15) is 0 Å². The molecule has 0 unspecified atom stereocenters. The van der Waals surface area contributed by atoms with E-state index in [0.717, 1.165) is 30.9 Å². The number of benzene rings is 1. The fraction of sp³-hybridized carbons (Fsp3) is 0.286. The van der Waals surface area contributed by atoms with Gasteiger partial charge in [0.15, 0.2) is 0 Å². The zero-order chi connectivity index (χ0) is 12.9. The highest BCUT2D eigenvalue weighted by Crippen LogP contribution is 2.44. The first-order valence-corrected chi connectivity index (χ1v) is 7.17. The molecule has 96 valence electrons. The number of amides is 1. The number of thiazole rings is 1. The molecule has 2 aromatic rings. The number of hydrogen-bond donors (Lipinski definition) is 1. The minimum absolute atomic E-state index is 0.147. The number of anilines is 1. The normalized spacial score (nSPS) is 20.1. The van der Waals surface area contributed by atoms with Crippen LogP contribution < -0.4 is 5.32 Å². The van der Waals surface area contributed by atoms with E-state index in [4.69, 9.17) is 0 Å². The van der Waals surface area contributed by atoms with Crippen LogP contribution in [0.5, 0.6) is 0 Å². The maximum absolute atomic E-state index is 12.2. The van der Waals surface area contributed by atoms with Crippen LogP contribution in [0.25, 0.3) is 0 Å². The standard InChI is InChI=1S/C14H13N3OS/c18-13-14(11-3-1-2-4-12(11)16-13)7-17(8-14)6-10-5-15-9-19-10/h1-5,9H,6-8H2,(H,16,18). The summed E-state index contributed by atoms with van der Waals surface area (Å²) in [7, 11) is 0. The Labute approximate surface area is 115 Å². The Bertz CT molecular complexity index is 632. The molecule has 3 heterocycles. The van der Waals surface area contributed by atoms with Crippen molar-refractivity contribution in [3.05, 3.63) is 46.4 Å². The summed E-state index contributed by atoms with van der Waals surface area (Å²) < 4.78 is 0. The summed E-state index contributed by atoms with van der Waals surface area (Å²) in [6.45, 7) is 2.49. The minimum Gasteiger partial charge on any atom is -0.325 e. The second kappa shape index (κ2) is 3.88. The minimum atomic E-state index is -0.318. The fourth-order valence-corrected chi connectivity index (χ4v) is 3.69. The highest BCUT2D eigenvalue weighted by molar-refractivity contribution is 7.09. The lowest BCUT2D eigenvalue weighted by Gasteiger charge is -2.46. The van der Waals surface area contributed by atoms with Crippen LogP contribution >= 0.6 is 11.3 Å². The first kappa shape index (κ1) is 11.1. The predicted octanol–water partition coefficient (Wildman–Crippen LogP) is 1.85. The number of para-hydroxylation sites is 1. The molecule has 2 aliphatic heterocycles. The average molecular weight is 271 g/mol. The molecule has 1 fully saturated rings. The van der Waals surface area contributed by atoms with Gasteiger partial charge < -0.3 is 5.32 Å². The van der Waals surface area contributed by atoms with Gasteiger partial charge in [-0.05, 0) is 11.6 Å². The summed E-state index contributed by atoms with van der Waals surface area (Å²) in [6, 6.07) is 8.02. The first-order valence-electron chi connectivity index (χ1n) is 6.29. The van der Waals surface area contributed by atoms with E-state index in [-0.39, 0.29) is 11.3 Å². The molecule has 1 saturated heterocycles. The van der Waals surface area contributed by atoms with Crippen LogP contribution in [-0.4, -0.2) is 28.9 Å². The Hall–Kier alpha value is -1.72. The van der Waals surface area contributed by atoms with Crippen molar-refractivity contribution in [3.63, 3.8) is 0 Å². The Balaban J connectivity index is 1.56. The number of likely N-dealkylation sites (tertiary alicyclic amines) is 1. The zero-order valence-electron chi connectivity index (χ0n) is 10.3. The second-order valence-electron chi connectivity index (χ2n) is 5.19. The maximum Gasteiger partial charge on any atom is 0.237 e. The lowest BCUT2D eigenvalue weighted by atomic mass is 9.74. The topological polar surface area (TPSA) is 45.2 Å². The molecule has 1 spiro atoms. The molecule has 0 radical (unpaired) electrons.